The normalized spacial score (nSPS) is 12.5. The fraction of sp³-hybridized carbons (Fsp3) is 0.235. The number of benzene rings is 1. The first-order chi connectivity index (χ1) is 10.7. The van der Waals surface area contributed by atoms with E-state index in [0.29, 0.717) is 5.56 Å². The molecule has 0 saturated heterocycles. The molecule has 0 atom stereocenters. The van der Waals surface area contributed by atoms with Crippen LogP contribution in [0, 0.1) is 11.3 Å². The van der Waals surface area contributed by atoms with Gasteiger partial charge in [0.2, 0.25) is 0 Å². The second kappa shape index (κ2) is 6.12. The summed E-state index contributed by atoms with van der Waals surface area (Å²) in [6.07, 6.45) is 2.32. The predicted molar refractivity (Wildman–Crippen MR) is 90.9 cm³/mol. The van der Waals surface area contributed by atoms with Gasteiger partial charge in [0, 0.05) is 36.8 Å². The van der Waals surface area contributed by atoms with Gasteiger partial charge in [-0.2, -0.15) is 5.26 Å². The third kappa shape index (κ3) is 2.78. The maximum atomic E-state index is 9.07. The van der Waals surface area contributed by atoms with Crippen LogP contribution in [0.2, 0.25) is 0 Å². The van der Waals surface area contributed by atoms with Crippen LogP contribution in [-0.4, -0.2) is 16.5 Å². The monoisotopic (exact) mass is 308 g/mol. The number of nitrogens with one attached hydrogen (secondary N) is 2. The van der Waals surface area contributed by atoms with Crippen molar-refractivity contribution in [3.63, 3.8) is 0 Å². The fourth-order valence-electron chi connectivity index (χ4n) is 2.62. The lowest BCUT2D eigenvalue weighted by Gasteiger charge is -2.11. The number of nitriles is 1. The zero-order valence-electron chi connectivity index (χ0n) is 12.3. The summed E-state index contributed by atoms with van der Waals surface area (Å²) >= 11 is 5.33. The highest BCUT2D eigenvalue weighted by Crippen LogP contribution is 2.22. The summed E-state index contributed by atoms with van der Waals surface area (Å²) in [6, 6.07) is 10.4. The van der Waals surface area contributed by atoms with Crippen LogP contribution < -0.4 is 10.6 Å². The first-order valence-corrected chi connectivity index (χ1v) is 7.65. The third-order valence-corrected chi connectivity index (χ3v) is 4.06. The Hall–Kier alpha value is -2.45. The third-order valence-electron chi connectivity index (χ3n) is 3.69. The molecular weight excluding hydrogens is 292 g/mol. The highest BCUT2D eigenvalue weighted by atomic mass is 32.1. The molecular formula is C17H16N4S. The van der Waals surface area contributed by atoms with Crippen molar-refractivity contribution >= 4 is 23.0 Å². The molecule has 4 nitrogen and oxygen atoms in total. The highest BCUT2D eigenvalue weighted by Gasteiger charge is 2.16. The summed E-state index contributed by atoms with van der Waals surface area (Å²) in [5, 5.41) is 15.5. The number of aromatic nitrogens is 1. The van der Waals surface area contributed by atoms with E-state index < -0.39 is 0 Å². The lowest BCUT2D eigenvalue weighted by atomic mass is 10.00. The molecule has 2 aromatic rings. The van der Waals surface area contributed by atoms with Crippen LogP contribution in [-0.2, 0) is 13.0 Å². The van der Waals surface area contributed by atoms with E-state index in [1.54, 1.807) is 6.20 Å². The van der Waals surface area contributed by atoms with E-state index in [1.807, 2.05) is 13.0 Å². The van der Waals surface area contributed by atoms with Gasteiger partial charge >= 0.3 is 0 Å². The molecule has 1 aromatic carbocycles. The van der Waals surface area contributed by atoms with Gasteiger partial charge in [0.25, 0.3) is 0 Å². The molecule has 22 heavy (non-hydrogen) atoms. The van der Waals surface area contributed by atoms with Gasteiger partial charge < -0.3 is 10.6 Å². The standard InChI is InChI=1S/C17H16N4S/c1-2-19-16-14(6-12(8-18)9-20-16)5-11-3-4-13-10-21-17(22)15(13)7-11/h3-4,6-7,9H,2,5,10H2,1H3,(H,19,20)(H,21,22). The molecule has 1 aromatic heterocycles. The van der Waals surface area contributed by atoms with Gasteiger partial charge in [-0.25, -0.2) is 4.98 Å². The molecule has 0 radical (unpaired) electrons. The van der Waals surface area contributed by atoms with Gasteiger partial charge in [-0.1, -0.05) is 24.4 Å². The molecule has 0 amide bonds. The van der Waals surface area contributed by atoms with E-state index in [9.17, 15) is 0 Å². The minimum Gasteiger partial charge on any atom is -0.372 e. The first kappa shape index (κ1) is 14.5. The Morgan fingerprint density at radius 3 is 3.05 bits per heavy atom. The fourth-order valence-corrected chi connectivity index (χ4v) is 2.88. The van der Waals surface area contributed by atoms with Crippen LogP contribution in [0.5, 0.6) is 0 Å². The predicted octanol–water partition coefficient (Wildman–Crippen LogP) is 2.75. The highest BCUT2D eigenvalue weighted by molar-refractivity contribution is 7.80. The number of rotatable bonds is 4. The molecule has 0 aliphatic carbocycles. The number of thiocarbonyl (C=S) groups is 1. The van der Waals surface area contributed by atoms with Crippen LogP contribution >= 0.6 is 12.2 Å². The Kier molecular flexibility index (Phi) is 4.03. The van der Waals surface area contributed by atoms with Crippen molar-refractivity contribution in [1.82, 2.24) is 10.3 Å². The molecule has 3 rings (SSSR count). The molecule has 0 unspecified atom stereocenters. The van der Waals surface area contributed by atoms with E-state index in [1.165, 1.54) is 11.1 Å². The van der Waals surface area contributed by atoms with Gasteiger partial charge in [0.05, 0.1) is 5.56 Å². The summed E-state index contributed by atoms with van der Waals surface area (Å²) in [5.41, 5.74) is 5.13. The van der Waals surface area contributed by atoms with Crippen LogP contribution in [0.4, 0.5) is 5.82 Å². The van der Waals surface area contributed by atoms with Gasteiger partial charge in [-0.15, -0.1) is 0 Å². The van der Waals surface area contributed by atoms with E-state index in [4.69, 9.17) is 17.5 Å². The summed E-state index contributed by atoms with van der Waals surface area (Å²) in [4.78, 5) is 5.16. The zero-order valence-corrected chi connectivity index (χ0v) is 13.1. The summed E-state index contributed by atoms with van der Waals surface area (Å²) in [6.45, 7) is 3.63. The van der Waals surface area contributed by atoms with E-state index >= 15 is 0 Å². The first-order valence-electron chi connectivity index (χ1n) is 7.24. The lowest BCUT2D eigenvalue weighted by molar-refractivity contribution is 0.972. The number of fused-ring (bicyclic) bond motifs is 1. The van der Waals surface area contributed by atoms with E-state index in [-0.39, 0.29) is 0 Å². The molecule has 5 heteroatoms. The summed E-state index contributed by atoms with van der Waals surface area (Å²) in [7, 11) is 0. The second-order valence-electron chi connectivity index (χ2n) is 5.22. The van der Waals surface area contributed by atoms with E-state index in [0.717, 1.165) is 41.4 Å². The number of hydrogen-bond acceptors (Lipinski definition) is 4. The van der Waals surface area contributed by atoms with Crippen molar-refractivity contribution in [3.8, 4) is 6.07 Å². The van der Waals surface area contributed by atoms with Crippen LogP contribution in [0.15, 0.2) is 30.5 Å². The van der Waals surface area contributed by atoms with Crippen LogP contribution in [0.25, 0.3) is 0 Å². The molecule has 1 aliphatic heterocycles. The summed E-state index contributed by atoms with van der Waals surface area (Å²) < 4.78 is 0. The smallest absolute Gasteiger partial charge is 0.129 e. The maximum absolute atomic E-state index is 9.07. The largest absolute Gasteiger partial charge is 0.372 e. The SMILES string of the molecule is CCNc1ncc(C#N)cc1Cc1ccc2c(c1)C(=S)NC2. The number of hydrogen-bond donors (Lipinski definition) is 2. The number of anilines is 1. The quantitative estimate of drug-likeness (QED) is 0.851. The number of pyridine rings is 1. The Bertz CT molecular complexity index is 777. The molecule has 2 N–H and O–H groups in total. The molecule has 0 bridgehead atoms. The van der Waals surface area contributed by atoms with Crippen molar-refractivity contribution in [2.24, 2.45) is 0 Å². The van der Waals surface area contributed by atoms with Gasteiger partial charge in [0.1, 0.15) is 16.9 Å². The molecule has 1 aliphatic rings. The van der Waals surface area contributed by atoms with Crippen molar-refractivity contribution in [2.45, 2.75) is 19.9 Å². The second-order valence-corrected chi connectivity index (χ2v) is 5.63. The molecule has 0 spiro atoms. The van der Waals surface area contributed by atoms with Gasteiger partial charge in [0.15, 0.2) is 0 Å². The average Bonchev–Trinajstić information content (AvgIpc) is 2.90. The zero-order chi connectivity index (χ0) is 15.5. The number of nitrogens with zero attached hydrogens (tertiary/aromatic N) is 2. The van der Waals surface area contributed by atoms with Crippen LogP contribution in [0.3, 0.4) is 0 Å². The Morgan fingerprint density at radius 1 is 1.41 bits per heavy atom. The molecule has 110 valence electrons. The molecule has 0 saturated carbocycles. The van der Waals surface area contributed by atoms with Crippen molar-refractivity contribution < 1.29 is 0 Å². The van der Waals surface area contributed by atoms with E-state index in [2.05, 4.69) is 39.9 Å². The van der Waals surface area contributed by atoms with Crippen LogP contribution in [0.1, 0.15) is 34.7 Å². The minimum absolute atomic E-state index is 0.579. The average molecular weight is 308 g/mol. The minimum atomic E-state index is 0.579. The van der Waals surface area contributed by atoms with Crippen molar-refractivity contribution in [2.75, 3.05) is 11.9 Å². The summed E-state index contributed by atoms with van der Waals surface area (Å²) in [5.74, 6) is 0.836. The Balaban J connectivity index is 1.94. The van der Waals surface area contributed by atoms with Gasteiger partial charge in [-0.05, 0) is 30.2 Å². The Morgan fingerprint density at radius 2 is 2.27 bits per heavy atom. The van der Waals surface area contributed by atoms with Crippen molar-refractivity contribution in [3.05, 3.63) is 58.3 Å². The molecule has 2 heterocycles. The van der Waals surface area contributed by atoms with Crippen molar-refractivity contribution in [1.29, 1.82) is 5.26 Å². The Labute approximate surface area is 135 Å². The molecule has 0 fully saturated rings. The topological polar surface area (TPSA) is 60.7 Å². The van der Waals surface area contributed by atoms with Gasteiger partial charge in [-0.3, -0.25) is 0 Å². The lowest BCUT2D eigenvalue weighted by Crippen LogP contribution is -2.11. The maximum Gasteiger partial charge on any atom is 0.129 e.